The van der Waals surface area contributed by atoms with E-state index in [1.807, 2.05) is 0 Å². The maximum absolute atomic E-state index is 10.3. The lowest BCUT2D eigenvalue weighted by Gasteiger charge is -2.36. The van der Waals surface area contributed by atoms with Gasteiger partial charge in [-0.1, -0.05) is 33.6 Å². The van der Waals surface area contributed by atoms with Crippen LogP contribution in [-0.4, -0.2) is 43.6 Å². The third kappa shape index (κ3) is 5.75. The van der Waals surface area contributed by atoms with E-state index in [2.05, 4.69) is 26.8 Å². The summed E-state index contributed by atoms with van der Waals surface area (Å²) in [5.41, 5.74) is -0.323. The summed E-state index contributed by atoms with van der Waals surface area (Å²) in [4.78, 5) is 0. The van der Waals surface area contributed by atoms with Crippen LogP contribution in [0.4, 0.5) is 0 Å². The molecule has 1 aliphatic carbocycles. The molecular formula is C24H42O5. The van der Waals surface area contributed by atoms with Crippen LogP contribution in [0.3, 0.4) is 0 Å². The van der Waals surface area contributed by atoms with E-state index in [1.165, 1.54) is 19.3 Å². The molecule has 168 valence electrons. The average molecular weight is 411 g/mol. The Morgan fingerprint density at radius 2 is 2.10 bits per heavy atom. The number of hydrogen-bond donors (Lipinski definition) is 1. The summed E-state index contributed by atoms with van der Waals surface area (Å²) in [6, 6.07) is 0. The number of aliphatic hydroxyl groups is 1. The molecule has 2 heterocycles. The van der Waals surface area contributed by atoms with Crippen LogP contribution in [-0.2, 0) is 18.9 Å². The highest BCUT2D eigenvalue weighted by Gasteiger charge is 2.58. The number of unbranched alkanes of at least 4 members (excludes halogenated alkanes) is 1. The zero-order chi connectivity index (χ0) is 20.9. The van der Waals surface area contributed by atoms with E-state index in [1.54, 1.807) is 7.11 Å². The number of ether oxygens (including phenoxy) is 4. The van der Waals surface area contributed by atoms with Gasteiger partial charge in [0.2, 0.25) is 0 Å². The Balaban J connectivity index is 1.83. The molecule has 5 atom stereocenters. The highest BCUT2D eigenvalue weighted by atomic mass is 16.7. The first kappa shape index (κ1) is 23.1. The van der Waals surface area contributed by atoms with Crippen LogP contribution < -0.4 is 0 Å². The summed E-state index contributed by atoms with van der Waals surface area (Å²) in [6.07, 6.45) is 11.6. The fourth-order valence-electron chi connectivity index (χ4n) is 5.35. The van der Waals surface area contributed by atoms with Gasteiger partial charge in [-0.25, -0.2) is 0 Å². The first-order valence-electron chi connectivity index (χ1n) is 11.7. The number of aliphatic hydroxyl groups excluding tert-OH is 1. The van der Waals surface area contributed by atoms with Gasteiger partial charge < -0.3 is 24.1 Å². The van der Waals surface area contributed by atoms with Gasteiger partial charge in [0.25, 0.3) is 0 Å². The molecule has 1 saturated carbocycles. The Morgan fingerprint density at radius 3 is 2.79 bits per heavy atom. The van der Waals surface area contributed by atoms with Gasteiger partial charge in [0.1, 0.15) is 11.4 Å². The van der Waals surface area contributed by atoms with Gasteiger partial charge in [-0.2, -0.15) is 0 Å². The largest absolute Gasteiger partial charge is 0.467 e. The smallest absolute Gasteiger partial charge is 0.199 e. The predicted octanol–water partition coefficient (Wildman–Crippen LogP) is 5.17. The molecule has 3 rings (SSSR count). The molecule has 0 aromatic heterocycles. The second kappa shape index (κ2) is 10.1. The van der Waals surface area contributed by atoms with Crippen molar-refractivity contribution in [3.63, 3.8) is 0 Å². The van der Waals surface area contributed by atoms with Crippen LogP contribution in [0.1, 0.15) is 85.0 Å². The Morgan fingerprint density at radius 1 is 1.28 bits per heavy atom. The second-order valence-corrected chi connectivity index (χ2v) is 10.1. The molecule has 0 amide bonds. The van der Waals surface area contributed by atoms with E-state index in [-0.39, 0.29) is 17.6 Å². The van der Waals surface area contributed by atoms with Crippen LogP contribution in [0.25, 0.3) is 0 Å². The van der Waals surface area contributed by atoms with Crippen molar-refractivity contribution in [1.29, 1.82) is 0 Å². The van der Waals surface area contributed by atoms with Crippen molar-refractivity contribution < 1.29 is 24.1 Å². The van der Waals surface area contributed by atoms with Crippen molar-refractivity contribution in [1.82, 2.24) is 0 Å². The first-order chi connectivity index (χ1) is 13.9. The summed E-state index contributed by atoms with van der Waals surface area (Å²) in [6.45, 7) is 8.39. The van der Waals surface area contributed by atoms with E-state index in [0.717, 1.165) is 57.5 Å². The highest BCUT2D eigenvalue weighted by Crippen LogP contribution is 2.54. The molecule has 3 fully saturated rings. The van der Waals surface area contributed by atoms with Gasteiger partial charge in [-0.3, -0.25) is 0 Å². The number of fused-ring (bicyclic) bond motifs is 1. The lowest BCUT2D eigenvalue weighted by atomic mass is 9.81. The fraction of sp³-hybridized carbons (Fsp3) is 0.917. The third-order valence-electron chi connectivity index (χ3n) is 6.96. The molecule has 1 N–H and O–H groups in total. The molecule has 2 aliphatic heterocycles. The summed E-state index contributed by atoms with van der Waals surface area (Å²) in [7, 11) is 1.76. The molecule has 5 nitrogen and oxygen atoms in total. The summed E-state index contributed by atoms with van der Waals surface area (Å²) in [5.74, 6) is 1.60. The zero-order valence-electron chi connectivity index (χ0n) is 19.0. The number of allylic oxidation sites excluding steroid dienone is 1. The molecule has 0 bridgehead atoms. The van der Waals surface area contributed by atoms with Crippen molar-refractivity contribution in [2.75, 3.05) is 20.3 Å². The van der Waals surface area contributed by atoms with Crippen LogP contribution in [0, 0.1) is 17.3 Å². The topological polar surface area (TPSA) is 57.2 Å². The Labute approximate surface area is 177 Å². The van der Waals surface area contributed by atoms with Crippen molar-refractivity contribution >= 4 is 0 Å². The molecule has 0 aromatic rings. The van der Waals surface area contributed by atoms with E-state index in [9.17, 15) is 5.11 Å². The minimum absolute atomic E-state index is 0.202. The highest BCUT2D eigenvalue weighted by molar-refractivity contribution is 5.21. The maximum atomic E-state index is 10.3. The SMILES string of the molecule is CCCCC(C)(C)CC=C(OC1CCCCO1)C12CC(COC)CC1CC(O)O2. The second-order valence-electron chi connectivity index (χ2n) is 10.1. The number of rotatable bonds is 10. The van der Waals surface area contributed by atoms with Gasteiger partial charge in [0.05, 0.1) is 6.61 Å². The van der Waals surface area contributed by atoms with Crippen LogP contribution in [0.15, 0.2) is 11.8 Å². The molecule has 0 spiro atoms. The van der Waals surface area contributed by atoms with E-state index >= 15 is 0 Å². The molecule has 0 aromatic carbocycles. The van der Waals surface area contributed by atoms with E-state index in [0.29, 0.717) is 12.3 Å². The van der Waals surface area contributed by atoms with Crippen molar-refractivity contribution in [3.8, 4) is 0 Å². The van der Waals surface area contributed by atoms with Crippen molar-refractivity contribution in [2.45, 2.75) is 103 Å². The number of methoxy groups -OCH3 is 1. The summed E-state index contributed by atoms with van der Waals surface area (Å²) < 4.78 is 24.1. The minimum atomic E-state index is -0.712. The van der Waals surface area contributed by atoms with Crippen LogP contribution in [0.5, 0.6) is 0 Å². The molecular weight excluding hydrogens is 368 g/mol. The lowest BCUT2D eigenvalue weighted by Crippen LogP contribution is -2.38. The van der Waals surface area contributed by atoms with Crippen molar-refractivity contribution in [3.05, 3.63) is 11.8 Å². The molecule has 5 unspecified atom stereocenters. The molecule has 29 heavy (non-hydrogen) atoms. The van der Waals surface area contributed by atoms with E-state index < -0.39 is 11.9 Å². The zero-order valence-corrected chi connectivity index (χ0v) is 19.0. The normalized spacial score (nSPS) is 35.7. The Bertz CT molecular complexity index is 539. The average Bonchev–Trinajstić information content (AvgIpc) is 3.17. The van der Waals surface area contributed by atoms with Crippen molar-refractivity contribution in [2.24, 2.45) is 17.3 Å². The van der Waals surface area contributed by atoms with Gasteiger partial charge in [0.15, 0.2) is 12.6 Å². The predicted molar refractivity (Wildman–Crippen MR) is 113 cm³/mol. The van der Waals surface area contributed by atoms with Gasteiger partial charge in [-0.05, 0) is 55.9 Å². The molecule has 3 aliphatic rings. The van der Waals surface area contributed by atoms with Crippen LogP contribution >= 0.6 is 0 Å². The number of hydrogen-bond acceptors (Lipinski definition) is 5. The van der Waals surface area contributed by atoms with E-state index in [4.69, 9.17) is 18.9 Å². The standard InChI is InChI=1S/C24H42O5/c1-5-6-11-23(2,3)12-10-20(28-22-9-7-8-13-27-22)24-16-18(17-26-4)14-19(24)15-21(25)29-24/h10,18-19,21-22,25H,5-9,11-17H2,1-4H3. The van der Waals surface area contributed by atoms with Gasteiger partial charge >= 0.3 is 0 Å². The maximum Gasteiger partial charge on any atom is 0.199 e. The molecule has 0 radical (unpaired) electrons. The lowest BCUT2D eigenvalue weighted by molar-refractivity contribution is -0.186. The first-order valence-corrected chi connectivity index (χ1v) is 11.7. The summed E-state index contributed by atoms with van der Waals surface area (Å²) >= 11 is 0. The molecule has 2 saturated heterocycles. The Kier molecular flexibility index (Phi) is 8.05. The monoisotopic (exact) mass is 410 g/mol. The third-order valence-corrected chi connectivity index (χ3v) is 6.96. The minimum Gasteiger partial charge on any atom is -0.467 e. The Hall–Kier alpha value is -0.620. The quantitative estimate of drug-likeness (QED) is 0.504. The van der Waals surface area contributed by atoms with Gasteiger partial charge in [-0.15, -0.1) is 0 Å². The van der Waals surface area contributed by atoms with Crippen LogP contribution in [0.2, 0.25) is 0 Å². The summed E-state index contributed by atoms with van der Waals surface area (Å²) in [5, 5.41) is 10.3. The van der Waals surface area contributed by atoms with Gasteiger partial charge in [0, 0.05) is 32.5 Å². The fourth-order valence-corrected chi connectivity index (χ4v) is 5.35. The molecule has 5 heteroatoms.